The van der Waals surface area contributed by atoms with Gasteiger partial charge in [-0.05, 0) is 42.0 Å². The van der Waals surface area contributed by atoms with Crippen molar-refractivity contribution in [2.75, 3.05) is 31.1 Å². The molecule has 6 heteroatoms. The number of rotatable bonds is 6. The van der Waals surface area contributed by atoms with Gasteiger partial charge in [-0.15, -0.1) is 0 Å². The first-order valence-electron chi connectivity index (χ1n) is 9.70. The zero-order valence-electron chi connectivity index (χ0n) is 16.1. The van der Waals surface area contributed by atoms with Gasteiger partial charge in [0.15, 0.2) is 0 Å². The number of nitrogens with zero attached hydrogens (tertiary/aromatic N) is 2. The zero-order valence-corrected chi connectivity index (χ0v) is 17.0. The highest BCUT2D eigenvalue weighted by Crippen LogP contribution is 2.22. The van der Waals surface area contributed by atoms with Gasteiger partial charge in [-0.1, -0.05) is 48.5 Å². The summed E-state index contributed by atoms with van der Waals surface area (Å²) in [6.45, 7) is 2.64. The fraction of sp³-hybridized carbons (Fsp3) is 0.217. The third kappa shape index (κ3) is 4.60. The van der Waals surface area contributed by atoms with E-state index >= 15 is 0 Å². The molecular weight excluding hydrogens is 384 g/mol. The highest BCUT2D eigenvalue weighted by molar-refractivity contribution is 7.89. The van der Waals surface area contributed by atoms with E-state index in [4.69, 9.17) is 4.74 Å². The molecule has 0 N–H and O–H groups in total. The molecule has 150 valence electrons. The molecular formula is C23H24N2O3S. The molecule has 0 saturated carbocycles. The van der Waals surface area contributed by atoms with Crippen molar-refractivity contribution in [3.63, 3.8) is 0 Å². The van der Waals surface area contributed by atoms with Gasteiger partial charge in [0.2, 0.25) is 10.0 Å². The SMILES string of the molecule is O=S(=O)(c1cccc(COc2ccccc2)c1)N1CCN(c2ccccc2)CC1. The minimum absolute atomic E-state index is 0.319. The Labute approximate surface area is 172 Å². The van der Waals surface area contributed by atoms with Crippen molar-refractivity contribution in [2.45, 2.75) is 11.5 Å². The Balaban J connectivity index is 1.42. The van der Waals surface area contributed by atoms with Crippen LogP contribution < -0.4 is 9.64 Å². The number of sulfonamides is 1. The molecule has 0 atom stereocenters. The predicted molar refractivity (Wildman–Crippen MR) is 115 cm³/mol. The molecule has 0 aromatic heterocycles. The first-order valence-corrected chi connectivity index (χ1v) is 11.1. The molecule has 0 amide bonds. The van der Waals surface area contributed by atoms with E-state index in [2.05, 4.69) is 17.0 Å². The highest BCUT2D eigenvalue weighted by atomic mass is 32.2. The van der Waals surface area contributed by atoms with Crippen LogP contribution in [0.4, 0.5) is 5.69 Å². The number of anilines is 1. The summed E-state index contributed by atoms with van der Waals surface area (Å²) in [5.74, 6) is 0.762. The Bertz CT molecular complexity index is 1030. The molecule has 3 aromatic rings. The molecule has 0 bridgehead atoms. The average molecular weight is 409 g/mol. The molecule has 0 aliphatic carbocycles. The van der Waals surface area contributed by atoms with Gasteiger partial charge >= 0.3 is 0 Å². The predicted octanol–water partition coefficient (Wildman–Crippen LogP) is 3.78. The number of hydrogen-bond donors (Lipinski definition) is 0. The maximum absolute atomic E-state index is 13.1. The second-order valence-corrected chi connectivity index (χ2v) is 8.91. The van der Waals surface area contributed by atoms with Crippen LogP contribution in [0.5, 0.6) is 5.75 Å². The largest absolute Gasteiger partial charge is 0.489 e. The topological polar surface area (TPSA) is 49.9 Å². The normalized spacial score (nSPS) is 15.2. The van der Waals surface area contributed by atoms with Gasteiger partial charge in [0.05, 0.1) is 4.90 Å². The average Bonchev–Trinajstić information content (AvgIpc) is 2.79. The van der Waals surface area contributed by atoms with Crippen LogP contribution in [0.2, 0.25) is 0 Å². The molecule has 5 nitrogen and oxygen atoms in total. The van der Waals surface area contributed by atoms with Gasteiger partial charge in [-0.2, -0.15) is 4.31 Å². The number of hydrogen-bond acceptors (Lipinski definition) is 4. The van der Waals surface area contributed by atoms with Crippen LogP contribution in [0, 0.1) is 0 Å². The molecule has 1 aliphatic rings. The third-order valence-corrected chi connectivity index (χ3v) is 6.94. The van der Waals surface area contributed by atoms with E-state index in [1.54, 1.807) is 22.5 Å². The van der Waals surface area contributed by atoms with E-state index in [1.807, 2.05) is 54.6 Å². The summed E-state index contributed by atoms with van der Waals surface area (Å²) < 4.78 is 33.6. The van der Waals surface area contributed by atoms with E-state index in [-0.39, 0.29) is 0 Å². The smallest absolute Gasteiger partial charge is 0.243 e. The molecule has 1 heterocycles. The molecule has 4 rings (SSSR count). The van der Waals surface area contributed by atoms with Crippen LogP contribution >= 0.6 is 0 Å². The maximum Gasteiger partial charge on any atom is 0.243 e. The molecule has 1 aliphatic heterocycles. The van der Waals surface area contributed by atoms with E-state index in [0.717, 1.165) is 17.0 Å². The second-order valence-electron chi connectivity index (χ2n) is 6.98. The lowest BCUT2D eigenvalue weighted by Gasteiger charge is -2.35. The van der Waals surface area contributed by atoms with Crippen LogP contribution in [0.1, 0.15) is 5.56 Å². The molecule has 1 fully saturated rings. The van der Waals surface area contributed by atoms with Gasteiger partial charge in [0.1, 0.15) is 12.4 Å². The zero-order chi connectivity index (χ0) is 20.1. The maximum atomic E-state index is 13.1. The molecule has 1 saturated heterocycles. The van der Waals surface area contributed by atoms with Gasteiger partial charge in [-0.3, -0.25) is 0 Å². The number of para-hydroxylation sites is 2. The van der Waals surface area contributed by atoms with Gasteiger partial charge in [0, 0.05) is 31.9 Å². The highest BCUT2D eigenvalue weighted by Gasteiger charge is 2.28. The summed E-state index contributed by atoms with van der Waals surface area (Å²) in [4.78, 5) is 2.54. The van der Waals surface area contributed by atoms with Crippen molar-refractivity contribution in [2.24, 2.45) is 0 Å². The lowest BCUT2D eigenvalue weighted by molar-refractivity contribution is 0.306. The van der Waals surface area contributed by atoms with Crippen LogP contribution in [0.15, 0.2) is 89.8 Å². The van der Waals surface area contributed by atoms with Crippen molar-refractivity contribution in [1.29, 1.82) is 0 Å². The van der Waals surface area contributed by atoms with E-state index < -0.39 is 10.0 Å². The fourth-order valence-corrected chi connectivity index (χ4v) is 4.95. The first-order chi connectivity index (χ1) is 14.1. The minimum Gasteiger partial charge on any atom is -0.489 e. The van der Waals surface area contributed by atoms with Crippen molar-refractivity contribution in [3.8, 4) is 5.75 Å². The Morgan fingerprint density at radius 3 is 2.10 bits per heavy atom. The third-order valence-electron chi connectivity index (χ3n) is 5.04. The number of piperazine rings is 1. The molecule has 0 unspecified atom stereocenters. The van der Waals surface area contributed by atoms with E-state index in [9.17, 15) is 8.42 Å². The summed E-state index contributed by atoms with van der Waals surface area (Å²) in [7, 11) is -3.52. The van der Waals surface area contributed by atoms with Crippen molar-refractivity contribution in [1.82, 2.24) is 4.31 Å². The molecule has 0 spiro atoms. The van der Waals surface area contributed by atoms with Crippen molar-refractivity contribution >= 4 is 15.7 Å². The lowest BCUT2D eigenvalue weighted by atomic mass is 10.2. The molecule has 3 aromatic carbocycles. The van der Waals surface area contributed by atoms with Gasteiger partial charge in [0.25, 0.3) is 0 Å². The molecule has 29 heavy (non-hydrogen) atoms. The first kappa shape index (κ1) is 19.5. The van der Waals surface area contributed by atoms with Crippen LogP contribution in [0.25, 0.3) is 0 Å². The van der Waals surface area contributed by atoms with Crippen LogP contribution in [0.3, 0.4) is 0 Å². The Morgan fingerprint density at radius 2 is 1.41 bits per heavy atom. The summed E-state index contributed by atoms with van der Waals surface area (Å²) >= 11 is 0. The molecule has 0 radical (unpaired) electrons. The quantitative estimate of drug-likeness (QED) is 0.623. The Kier molecular flexibility index (Phi) is 5.83. The second kappa shape index (κ2) is 8.68. The van der Waals surface area contributed by atoms with Crippen LogP contribution in [-0.2, 0) is 16.6 Å². The summed E-state index contributed by atoms with van der Waals surface area (Å²) in [5.41, 5.74) is 1.96. The van der Waals surface area contributed by atoms with Gasteiger partial charge in [-0.25, -0.2) is 8.42 Å². The van der Waals surface area contributed by atoms with E-state index in [0.29, 0.717) is 37.7 Å². The monoisotopic (exact) mass is 408 g/mol. The van der Waals surface area contributed by atoms with Crippen LogP contribution in [-0.4, -0.2) is 38.9 Å². The lowest BCUT2D eigenvalue weighted by Crippen LogP contribution is -2.48. The standard InChI is InChI=1S/C23H24N2O3S/c26-29(27,25-16-14-24(15-17-25)21-9-3-1-4-10-21)23-13-7-8-20(18-23)19-28-22-11-5-2-6-12-22/h1-13,18H,14-17,19H2. The van der Waals surface area contributed by atoms with Crippen molar-refractivity contribution in [3.05, 3.63) is 90.5 Å². The summed E-state index contributed by atoms with van der Waals surface area (Å²) in [5, 5.41) is 0. The van der Waals surface area contributed by atoms with Gasteiger partial charge < -0.3 is 9.64 Å². The Morgan fingerprint density at radius 1 is 0.759 bits per heavy atom. The van der Waals surface area contributed by atoms with E-state index in [1.165, 1.54) is 0 Å². The van der Waals surface area contributed by atoms with Crippen molar-refractivity contribution < 1.29 is 13.2 Å². The fourth-order valence-electron chi connectivity index (χ4n) is 3.45. The number of benzene rings is 3. The number of ether oxygens (including phenoxy) is 1. The summed E-state index contributed by atoms with van der Waals surface area (Å²) in [6.07, 6.45) is 0. The minimum atomic E-state index is -3.52. The summed E-state index contributed by atoms with van der Waals surface area (Å²) in [6, 6.07) is 26.6. The Hall–Kier alpha value is -2.83.